The summed E-state index contributed by atoms with van der Waals surface area (Å²) in [7, 11) is 2.33. The third-order valence-electron chi connectivity index (χ3n) is 5.49. The fraction of sp³-hybridized carbons (Fsp3) is 0.684. The van der Waals surface area contributed by atoms with Crippen molar-refractivity contribution < 1.29 is 0 Å². The number of nitrogens with zero attached hydrogens (tertiary/aromatic N) is 1. The second-order valence-corrected chi connectivity index (χ2v) is 7.03. The van der Waals surface area contributed by atoms with Crippen molar-refractivity contribution in [3.63, 3.8) is 0 Å². The van der Waals surface area contributed by atoms with Crippen LogP contribution in [0.1, 0.15) is 56.6 Å². The second kappa shape index (κ2) is 6.83. The smallest absolute Gasteiger partial charge is 0.0372 e. The number of nitrogens with one attached hydrogen (secondary N) is 1. The topological polar surface area (TPSA) is 15.3 Å². The molecule has 0 radical (unpaired) electrons. The predicted octanol–water partition coefficient (Wildman–Crippen LogP) is 4.24. The zero-order valence-electron chi connectivity index (χ0n) is 13.7. The Bertz CT molecular complexity index is 463. The van der Waals surface area contributed by atoms with Gasteiger partial charge in [0.25, 0.3) is 0 Å². The van der Waals surface area contributed by atoms with Gasteiger partial charge in [0.05, 0.1) is 0 Å². The van der Waals surface area contributed by atoms with Gasteiger partial charge in [0.1, 0.15) is 0 Å². The number of benzene rings is 1. The van der Waals surface area contributed by atoms with E-state index in [1.165, 1.54) is 68.2 Å². The van der Waals surface area contributed by atoms with E-state index in [4.69, 9.17) is 0 Å². The number of aryl methyl sites for hydroxylation is 1. The Balaban J connectivity index is 1.62. The molecule has 2 nitrogen and oxygen atoms in total. The summed E-state index contributed by atoms with van der Waals surface area (Å²) >= 11 is 0. The summed E-state index contributed by atoms with van der Waals surface area (Å²) in [6.45, 7) is 3.53. The molecule has 0 saturated heterocycles. The normalized spacial score (nSPS) is 20.9. The molecule has 0 amide bonds. The molecular weight excluding hydrogens is 256 g/mol. The first-order valence-electron chi connectivity index (χ1n) is 8.81. The number of anilines is 1. The van der Waals surface area contributed by atoms with Crippen molar-refractivity contribution in [1.29, 1.82) is 0 Å². The Morgan fingerprint density at radius 3 is 2.81 bits per heavy atom. The van der Waals surface area contributed by atoms with E-state index in [0.717, 1.165) is 12.6 Å². The molecule has 1 unspecified atom stereocenters. The van der Waals surface area contributed by atoms with Crippen LogP contribution in [0, 0.1) is 0 Å². The molecule has 1 fully saturated rings. The monoisotopic (exact) mass is 286 g/mol. The predicted molar refractivity (Wildman–Crippen MR) is 91.1 cm³/mol. The number of hydrogen-bond donors (Lipinski definition) is 1. The maximum Gasteiger partial charge on any atom is 0.0372 e. The van der Waals surface area contributed by atoms with Gasteiger partial charge in [-0.25, -0.2) is 0 Å². The van der Waals surface area contributed by atoms with Gasteiger partial charge in [0.2, 0.25) is 0 Å². The van der Waals surface area contributed by atoms with Crippen molar-refractivity contribution in [3.8, 4) is 0 Å². The number of fused-ring (bicyclic) bond motifs is 1. The highest BCUT2D eigenvalue weighted by Gasteiger charge is 2.22. The average molecular weight is 286 g/mol. The number of rotatable bonds is 4. The lowest BCUT2D eigenvalue weighted by molar-refractivity contribution is 0.145. The third-order valence-corrected chi connectivity index (χ3v) is 5.49. The van der Waals surface area contributed by atoms with Crippen LogP contribution in [-0.4, -0.2) is 30.6 Å². The fourth-order valence-corrected chi connectivity index (χ4v) is 3.99. The van der Waals surface area contributed by atoms with Crippen molar-refractivity contribution in [2.24, 2.45) is 0 Å². The molecule has 1 heterocycles. The quantitative estimate of drug-likeness (QED) is 0.890. The number of hydrogen-bond acceptors (Lipinski definition) is 2. The molecule has 116 valence electrons. The molecule has 1 aliphatic heterocycles. The third kappa shape index (κ3) is 3.60. The van der Waals surface area contributed by atoms with Crippen LogP contribution in [0.4, 0.5) is 5.69 Å². The van der Waals surface area contributed by atoms with Gasteiger partial charge in [-0.15, -0.1) is 0 Å². The van der Waals surface area contributed by atoms with E-state index < -0.39 is 0 Å². The van der Waals surface area contributed by atoms with Gasteiger partial charge in [0, 0.05) is 24.3 Å². The Morgan fingerprint density at radius 1 is 1.19 bits per heavy atom. The standard InChI is InChI=1S/C19H30N2/c1-15(21(2)18-8-4-3-5-9-18)13-16-10-11-19-17(14-16)7-6-12-20-19/h10-11,14-15,18,20H,3-9,12-13H2,1-2H3. The SMILES string of the molecule is CC(Cc1ccc2c(c1)CCCN2)N(C)C1CCCCC1. The summed E-state index contributed by atoms with van der Waals surface area (Å²) in [6.07, 6.45) is 10.8. The molecule has 2 heteroatoms. The molecule has 3 rings (SSSR count). The van der Waals surface area contributed by atoms with E-state index in [-0.39, 0.29) is 0 Å². The highest BCUT2D eigenvalue weighted by Crippen LogP contribution is 2.26. The largest absolute Gasteiger partial charge is 0.385 e. The summed E-state index contributed by atoms with van der Waals surface area (Å²) in [5, 5.41) is 3.51. The van der Waals surface area contributed by atoms with Crippen LogP contribution in [0.5, 0.6) is 0 Å². The second-order valence-electron chi connectivity index (χ2n) is 7.03. The molecule has 0 aromatic heterocycles. The van der Waals surface area contributed by atoms with Crippen LogP contribution in [0.3, 0.4) is 0 Å². The van der Waals surface area contributed by atoms with E-state index in [1.807, 2.05) is 0 Å². The molecule has 1 aromatic rings. The molecule has 1 aromatic carbocycles. The van der Waals surface area contributed by atoms with Gasteiger partial charge < -0.3 is 10.2 Å². The van der Waals surface area contributed by atoms with Crippen LogP contribution >= 0.6 is 0 Å². The van der Waals surface area contributed by atoms with Crippen molar-refractivity contribution in [2.75, 3.05) is 18.9 Å². The van der Waals surface area contributed by atoms with Crippen LogP contribution in [0.15, 0.2) is 18.2 Å². The first-order chi connectivity index (χ1) is 10.2. The van der Waals surface area contributed by atoms with E-state index >= 15 is 0 Å². The summed E-state index contributed by atoms with van der Waals surface area (Å²) in [5.74, 6) is 0. The minimum Gasteiger partial charge on any atom is -0.385 e. The van der Waals surface area contributed by atoms with E-state index in [1.54, 1.807) is 0 Å². The Kier molecular flexibility index (Phi) is 4.84. The highest BCUT2D eigenvalue weighted by atomic mass is 15.2. The van der Waals surface area contributed by atoms with Crippen molar-refractivity contribution in [3.05, 3.63) is 29.3 Å². The highest BCUT2D eigenvalue weighted by molar-refractivity contribution is 5.54. The summed E-state index contributed by atoms with van der Waals surface area (Å²) in [6, 6.07) is 8.50. The summed E-state index contributed by atoms with van der Waals surface area (Å²) in [4.78, 5) is 2.64. The van der Waals surface area contributed by atoms with Crippen molar-refractivity contribution in [2.45, 2.75) is 70.4 Å². The molecule has 2 aliphatic rings. The van der Waals surface area contributed by atoms with Gasteiger partial charge in [-0.1, -0.05) is 31.4 Å². The maximum absolute atomic E-state index is 3.51. The zero-order chi connectivity index (χ0) is 14.7. The van der Waals surface area contributed by atoms with Gasteiger partial charge in [-0.3, -0.25) is 0 Å². The van der Waals surface area contributed by atoms with E-state index in [9.17, 15) is 0 Å². The van der Waals surface area contributed by atoms with Gasteiger partial charge in [0.15, 0.2) is 0 Å². The van der Waals surface area contributed by atoms with E-state index in [2.05, 4.69) is 42.4 Å². The van der Waals surface area contributed by atoms with Crippen molar-refractivity contribution in [1.82, 2.24) is 4.90 Å². The molecule has 1 atom stereocenters. The minimum absolute atomic E-state index is 0.641. The number of likely N-dealkylation sites (N-methyl/N-ethyl adjacent to an activating group) is 1. The summed E-state index contributed by atoms with van der Waals surface area (Å²) < 4.78 is 0. The van der Waals surface area contributed by atoms with Gasteiger partial charge >= 0.3 is 0 Å². The maximum atomic E-state index is 3.51. The molecule has 1 N–H and O–H groups in total. The fourth-order valence-electron chi connectivity index (χ4n) is 3.99. The molecule has 0 bridgehead atoms. The molecule has 1 saturated carbocycles. The first-order valence-corrected chi connectivity index (χ1v) is 8.81. The van der Waals surface area contributed by atoms with Gasteiger partial charge in [-0.2, -0.15) is 0 Å². The lowest BCUT2D eigenvalue weighted by atomic mass is 9.92. The molecule has 21 heavy (non-hydrogen) atoms. The molecule has 0 spiro atoms. The van der Waals surface area contributed by atoms with Crippen LogP contribution in [-0.2, 0) is 12.8 Å². The Hall–Kier alpha value is -1.02. The lowest BCUT2D eigenvalue weighted by Crippen LogP contribution is -2.40. The zero-order valence-corrected chi connectivity index (χ0v) is 13.7. The van der Waals surface area contributed by atoms with Gasteiger partial charge in [-0.05, 0) is 63.3 Å². The summed E-state index contributed by atoms with van der Waals surface area (Å²) in [5.41, 5.74) is 4.39. The van der Waals surface area contributed by atoms with Crippen LogP contribution in [0.25, 0.3) is 0 Å². The van der Waals surface area contributed by atoms with E-state index in [0.29, 0.717) is 6.04 Å². The van der Waals surface area contributed by atoms with Crippen LogP contribution in [0.2, 0.25) is 0 Å². The molecule has 1 aliphatic carbocycles. The minimum atomic E-state index is 0.641. The van der Waals surface area contributed by atoms with Crippen molar-refractivity contribution >= 4 is 5.69 Å². The first kappa shape index (κ1) is 14.9. The Labute approximate surface area is 129 Å². The molecular formula is C19H30N2. The van der Waals surface area contributed by atoms with Crippen LogP contribution < -0.4 is 5.32 Å². The Morgan fingerprint density at radius 2 is 2.00 bits per heavy atom. The average Bonchev–Trinajstić information content (AvgIpc) is 2.55. The lowest BCUT2D eigenvalue weighted by Gasteiger charge is -2.35.